The van der Waals surface area contributed by atoms with Gasteiger partial charge in [-0.05, 0) is 36.4 Å². The van der Waals surface area contributed by atoms with Gasteiger partial charge in [-0.1, -0.05) is 23.7 Å². The second-order valence-corrected chi connectivity index (χ2v) is 7.21. The van der Waals surface area contributed by atoms with Crippen LogP contribution in [0.1, 0.15) is 23.0 Å². The third-order valence-electron chi connectivity index (χ3n) is 3.75. The Labute approximate surface area is 166 Å². The smallest absolute Gasteiger partial charge is 0.251 e. The van der Waals surface area contributed by atoms with Crippen molar-refractivity contribution >= 4 is 40.4 Å². The van der Waals surface area contributed by atoms with E-state index in [1.807, 2.05) is 29.6 Å². The van der Waals surface area contributed by atoms with Crippen molar-refractivity contribution in [3.05, 3.63) is 70.2 Å². The number of rotatable bonds is 6. The molecule has 0 atom stereocenters. The lowest BCUT2D eigenvalue weighted by Crippen LogP contribution is -2.25. The molecule has 3 aromatic rings. The molecular formula is C20H18ClN3O2S. The molecule has 0 aliphatic heterocycles. The number of hydrogen-bond acceptors (Lipinski definition) is 4. The van der Waals surface area contributed by atoms with Crippen molar-refractivity contribution in [2.45, 2.75) is 13.3 Å². The minimum atomic E-state index is -0.134. The van der Waals surface area contributed by atoms with Gasteiger partial charge in [-0.3, -0.25) is 9.59 Å². The lowest BCUT2D eigenvalue weighted by atomic mass is 10.2. The van der Waals surface area contributed by atoms with E-state index in [4.69, 9.17) is 11.6 Å². The SMILES string of the molecule is CC(=O)Nc1cccc(-c2nc(CCNC(=O)c3ccc(Cl)cc3)cs2)c1. The highest BCUT2D eigenvalue weighted by Crippen LogP contribution is 2.26. The number of halogens is 1. The van der Waals surface area contributed by atoms with E-state index in [0.717, 1.165) is 22.0 Å². The number of thiazole rings is 1. The number of carbonyl (C=O) groups excluding carboxylic acids is 2. The zero-order valence-electron chi connectivity index (χ0n) is 14.7. The highest BCUT2D eigenvalue weighted by atomic mass is 35.5. The summed E-state index contributed by atoms with van der Waals surface area (Å²) in [4.78, 5) is 27.9. The number of benzene rings is 2. The van der Waals surface area contributed by atoms with Gasteiger partial charge in [0.2, 0.25) is 5.91 Å². The number of aromatic nitrogens is 1. The van der Waals surface area contributed by atoms with Crippen molar-refractivity contribution in [1.29, 1.82) is 0 Å². The van der Waals surface area contributed by atoms with Gasteiger partial charge < -0.3 is 10.6 Å². The molecule has 0 unspecified atom stereocenters. The Kier molecular flexibility index (Phi) is 6.21. The molecule has 5 nitrogen and oxygen atoms in total. The van der Waals surface area contributed by atoms with Gasteiger partial charge in [0.25, 0.3) is 5.91 Å². The van der Waals surface area contributed by atoms with E-state index in [1.165, 1.54) is 18.3 Å². The van der Waals surface area contributed by atoms with E-state index in [9.17, 15) is 9.59 Å². The molecule has 2 N–H and O–H groups in total. The van der Waals surface area contributed by atoms with E-state index >= 15 is 0 Å². The fourth-order valence-electron chi connectivity index (χ4n) is 2.50. The van der Waals surface area contributed by atoms with Crippen LogP contribution in [-0.4, -0.2) is 23.3 Å². The molecule has 7 heteroatoms. The summed E-state index contributed by atoms with van der Waals surface area (Å²) in [5, 5.41) is 9.11. The van der Waals surface area contributed by atoms with Crippen LogP contribution in [0.2, 0.25) is 5.02 Å². The molecular weight excluding hydrogens is 382 g/mol. The van der Waals surface area contributed by atoms with Crippen LogP contribution in [-0.2, 0) is 11.2 Å². The number of nitrogens with one attached hydrogen (secondary N) is 2. The first kappa shape index (κ1) is 19.1. The van der Waals surface area contributed by atoms with Gasteiger partial charge in [0, 0.05) is 47.1 Å². The van der Waals surface area contributed by atoms with E-state index in [-0.39, 0.29) is 11.8 Å². The van der Waals surface area contributed by atoms with Crippen LogP contribution in [0.3, 0.4) is 0 Å². The van der Waals surface area contributed by atoms with Crippen molar-refractivity contribution in [2.24, 2.45) is 0 Å². The first-order valence-electron chi connectivity index (χ1n) is 8.37. The molecule has 0 saturated heterocycles. The summed E-state index contributed by atoms with van der Waals surface area (Å²) < 4.78 is 0. The number of nitrogens with zero attached hydrogens (tertiary/aromatic N) is 1. The third-order valence-corrected chi connectivity index (χ3v) is 4.95. The van der Waals surface area contributed by atoms with Crippen molar-refractivity contribution in [1.82, 2.24) is 10.3 Å². The number of anilines is 1. The van der Waals surface area contributed by atoms with Crippen LogP contribution < -0.4 is 10.6 Å². The van der Waals surface area contributed by atoms with Gasteiger partial charge in [-0.2, -0.15) is 0 Å². The largest absolute Gasteiger partial charge is 0.352 e. The Morgan fingerprint density at radius 1 is 1.15 bits per heavy atom. The van der Waals surface area contributed by atoms with Gasteiger partial charge in [0.05, 0.1) is 5.69 Å². The molecule has 2 amide bonds. The van der Waals surface area contributed by atoms with E-state index in [0.29, 0.717) is 23.6 Å². The van der Waals surface area contributed by atoms with E-state index < -0.39 is 0 Å². The summed E-state index contributed by atoms with van der Waals surface area (Å²) in [6.07, 6.45) is 0.640. The number of carbonyl (C=O) groups is 2. The average Bonchev–Trinajstić information content (AvgIpc) is 3.11. The Bertz CT molecular complexity index is 954. The Hall–Kier alpha value is -2.70. The monoisotopic (exact) mass is 399 g/mol. The first-order chi connectivity index (χ1) is 13.0. The third kappa shape index (κ3) is 5.39. The highest BCUT2D eigenvalue weighted by molar-refractivity contribution is 7.13. The minimum Gasteiger partial charge on any atom is -0.352 e. The van der Waals surface area contributed by atoms with Crippen molar-refractivity contribution in [3.63, 3.8) is 0 Å². The molecule has 138 valence electrons. The summed E-state index contributed by atoms with van der Waals surface area (Å²) in [5.74, 6) is -0.242. The molecule has 0 bridgehead atoms. The van der Waals surface area contributed by atoms with Gasteiger partial charge in [-0.15, -0.1) is 11.3 Å². The quantitative estimate of drug-likeness (QED) is 0.645. The standard InChI is InChI=1S/C20H18ClN3O2S/c1-13(25)23-17-4-2-3-15(11-17)20-24-18(12-27-20)9-10-22-19(26)14-5-7-16(21)8-6-14/h2-8,11-12H,9-10H2,1H3,(H,22,26)(H,23,25). The molecule has 3 rings (SSSR count). The van der Waals surface area contributed by atoms with Crippen LogP contribution in [0.5, 0.6) is 0 Å². The van der Waals surface area contributed by atoms with Gasteiger partial charge in [0.15, 0.2) is 0 Å². The Balaban J connectivity index is 1.57. The van der Waals surface area contributed by atoms with Crippen LogP contribution in [0.25, 0.3) is 10.6 Å². The Morgan fingerprint density at radius 3 is 2.67 bits per heavy atom. The zero-order valence-corrected chi connectivity index (χ0v) is 16.2. The normalized spacial score (nSPS) is 10.4. The maximum absolute atomic E-state index is 12.1. The van der Waals surface area contributed by atoms with Gasteiger partial charge in [-0.25, -0.2) is 4.98 Å². The van der Waals surface area contributed by atoms with Crippen molar-refractivity contribution < 1.29 is 9.59 Å². The summed E-state index contributed by atoms with van der Waals surface area (Å²) >= 11 is 7.36. The van der Waals surface area contributed by atoms with E-state index in [2.05, 4.69) is 15.6 Å². The lowest BCUT2D eigenvalue weighted by Gasteiger charge is -2.04. The van der Waals surface area contributed by atoms with Gasteiger partial charge in [0.1, 0.15) is 5.01 Å². The molecule has 0 aliphatic rings. The second kappa shape index (κ2) is 8.79. The van der Waals surface area contributed by atoms with Crippen molar-refractivity contribution in [3.8, 4) is 10.6 Å². The number of hydrogen-bond donors (Lipinski definition) is 2. The molecule has 2 aromatic carbocycles. The maximum Gasteiger partial charge on any atom is 0.251 e. The average molecular weight is 400 g/mol. The number of amides is 2. The van der Waals surface area contributed by atoms with Crippen LogP contribution >= 0.6 is 22.9 Å². The summed E-state index contributed by atoms with van der Waals surface area (Å²) in [6.45, 7) is 1.98. The van der Waals surface area contributed by atoms with Gasteiger partial charge >= 0.3 is 0 Å². The predicted molar refractivity (Wildman–Crippen MR) is 109 cm³/mol. The molecule has 0 radical (unpaired) electrons. The molecule has 1 heterocycles. The fourth-order valence-corrected chi connectivity index (χ4v) is 3.47. The van der Waals surface area contributed by atoms with Crippen molar-refractivity contribution in [2.75, 3.05) is 11.9 Å². The molecule has 1 aromatic heterocycles. The lowest BCUT2D eigenvalue weighted by molar-refractivity contribution is -0.114. The highest BCUT2D eigenvalue weighted by Gasteiger charge is 2.08. The molecule has 0 aliphatic carbocycles. The topological polar surface area (TPSA) is 71.1 Å². The molecule has 0 saturated carbocycles. The van der Waals surface area contributed by atoms with Crippen LogP contribution in [0.4, 0.5) is 5.69 Å². The minimum absolute atomic E-state index is 0.108. The zero-order chi connectivity index (χ0) is 19.2. The predicted octanol–water partition coefficient (Wildman–Crippen LogP) is 4.39. The molecule has 0 fully saturated rings. The van der Waals surface area contributed by atoms with Crippen LogP contribution in [0, 0.1) is 0 Å². The fraction of sp³-hybridized carbons (Fsp3) is 0.150. The summed E-state index contributed by atoms with van der Waals surface area (Å²) in [5.41, 5.74) is 3.18. The molecule has 27 heavy (non-hydrogen) atoms. The Morgan fingerprint density at radius 2 is 1.93 bits per heavy atom. The molecule has 0 spiro atoms. The summed E-state index contributed by atoms with van der Waals surface area (Å²) in [6, 6.07) is 14.3. The first-order valence-corrected chi connectivity index (χ1v) is 9.63. The van der Waals surface area contributed by atoms with Crippen LogP contribution in [0.15, 0.2) is 53.9 Å². The second-order valence-electron chi connectivity index (χ2n) is 5.92. The summed E-state index contributed by atoms with van der Waals surface area (Å²) in [7, 11) is 0. The maximum atomic E-state index is 12.1. The van der Waals surface area contributed by atoms with E-state index in [1.54, 1.807) is 24.3 Å².